The van der Waals surface area contributed by atoms with E-state index in [1.54, 1.807) is 24.3 Å². The standard InChI is InChI=1S/C23H31N3O4/c1-17-6-5-7-18(2)23(17)24-22(29)15-26-12-10-25(11-13-26)14-19(27)16-30-21-9-4-3-8-20(21)28/h3-9,19,27-28H,10-16H2,1-2H3,(H,24,29)/p+1. The van der Waals surface area contributed by atoms with Crippen LogP contribution >= 0.6 is 0 Å². The predicted molar refractivity (Wildman–Crippen MR) is 116 cm³/mol. The van der Waals surface area contributed by atoms with Crippen LogP contribution in [0.5, 0.6) is 11.5 Å². The Balaban J connectivity index is 1.38. The van der Waals surface area contributed by atoms with E-state index in [9.17, 15) is 15.0 Å². The summed E-state index contributed by atoms with van der Waals surface area (Å²) in [5.74, 6) is 0.461. The number of nitrogens with one attached hydrogen (secondary N) is 2. The number of benzene rings is 2. The molecule has 1 heterocycles. The molecule has 2 aromatic carbocycles. The second-order valence-electron chi connectivity index (χ2n) is 7.98. The lowest BCUT2D eigenvalue weighted by Crippen LogP contribution is -3.15. The highest BCUT2D eigenvalue weighted by Crippen LogP contribution is 2.24. The molecule has 1 saturated heterocycles. The molecule has 0 bridgehead atoms. The number of phenolic OH excluding ortho intramolecular Hbond substituents is 1. The van der Waals surface area contributed by atoms with Crippen LogP contribution in [0.15, 0.2) is 42.5 Å². The number of aryl methyl sites for hydroxylation is 2. The van der Waals surface area contributed by atoms with E-state index in [2.05, 4.69) is 10.2 Å². The topological polar surface area (TPSA) is 86.5 Å². The van der Waals surface area contributed by atoms with Gasteiger partial charge in [0, 0.05) is 18.8 Å². The Hall–Kier alpha value is -2.61. The Morgan fingerprint density at radius 2 is 1.80 bits per heavy atom. The number of para-hydroxylation sites is 3. The number of rotatable bonds is 8. The van der Waals surface area contributed by atoms with Crippen molar-refractivity contribution in [1.29, 1.82) is 0 Å². The molecule has 7 heteroatoms. The van der Waals surface area contributed by atoms with E-state index in [-0.39, 0.29) is 18.3 Å². The minimum absolute atomic E-state index is 0.00644. The van der Waals surface area contributed by atoms with Crippen LogP contribution in [0.25, 0.3) is 0 Å². The number of hydrogen-bond acceptors (Lipinski definition) is 5. The number of aromatic hydroxyl groups is 1. The van der Waals surface area contributed by atoms with Gasteiger partial charge in [-0.3, -0.25) is 9.69 Å². The number of phenols is 1. The van der Waals surface area contributed by atoms with E-state index in [1.807, 2.05) is 32.0 Å². The third kappa shape index (κ3) is 6.19. The summed E-state index contributed by atoms with van der Waals surface area (Å²) in [5.41, 5.74) is 3.04. The Morgan fingerprint density at radius 1 is 1.13 bits per heavy atom. The van der Waals surface area contributed by atoms with Crippen molar-refractivity contribution in [3.8, 4) is 11.5 Å². The van der Waals surface area contributed by atoms with E-state index in [4.69, 9.17) is 4.74 Å². The van der Waals surface area contributed by atoms with Gasteiger partial charge in [0.1, 0.15) is 19.3 Å². The molecule has 7 nitrogen and oxygen atoms in total. The maximum absolute atomic E-state index is 12.5. The van der Waals surface area contributed by atoms with Gasteiger partial charge in [0.25, 0.3) is 0 Å². The molecule has 1 fully saturated rings. The highest BCUT2D eigenvalue weighted by atomic mass is 16.5. The summed E-state index contributed by atoms with van der Waals surface area (Å²) in [5, 5.41) is 23.0. The van der Waals surface area contributed by atoms with Crippen molar-refractivity contribution in [3.05, 3.63) is 53.6 Å². The zero-order chi connectivity index (χ0) is 21.5. The van der Waals surface area contributed by atoms with E-state index in [1.165, 1.54) is 4.90 Å². The van der Waals surface area contributed by atoms with Gasteiger partial charge < -0.3 is 25.2 Å². The second kappa shape index (κ2) is 10.4. The van der Waals surface area contributed by atoms with Crippen LogP contribution in [-0.2, 0) is 4.79 Å². The maximum Gasteiger partial charge on any atom is 0.238 e. The molecule has 0 saturated carbocycles. The number of piperazine rings is 1. The van der Waals surface area contributed by atoms with Crippen LogP contribution in [0.2, 0.25) is 0 Å². The number of aliphatic hydroxyl groups is 1. The van der Waals surface area contributed by atoms with Gasteiger partial charge in [-0.2, -0.15) is 0 Å². The van der Waals surface area contributed by atoms with E-state index in [0.29, 0.717) is 18.8 Å². The van der Waals surface area contributed by atoms with Gasteiger partial charge in [0.2, 0.25) is 5.91 Å². The van der Waals surface area contributed by atoms with Crippen molar-refractivity contribution in [3.63, 3.8) is 0 Å². The van der Waals surface area contributed by atoms with Crippen molar-refractivity contribution in [2.45, 2.75) is 20.0 Å². The average molecular weight is 415 g/mol. The number of aliphatic hydroxyl groups excluding tert-OH is 1. The van der Waals surface area contributed by atoms with Crippen LogP contribution < -0.4 is 15.0 Å². The third-order valence-electron chi connectivity index (χ3n) is 5.50. The molecular formula is C23H32N3O4+. The van der Waals surface area contributed by atoms with Crippen molar-refractivity contribution in [2.24, 2.45) is 0 Å². The molecule has 1 unspecified atom stereocenters. The monoisotopic (exact) mass is 414 g/mol. The predicted octanol–water partition coefficient (Wildman–Crippen LogP) is 0.588. The molecule has 0 aliphatic carbocycles. The lowest BCUT2D eigenvalue weighted by Gasteiger charge is -2.32. The summed E-state index contributed by atoms with van der Waals surface area (Å²) in [4.78, 5) is 15.9. The number of nitrogens with zero attached hydrogens (tertiary/aromatic N) is 1. The molecule has 1 amide bonds. The number of amides is 1. The Bertz CT molecular complexity index is 830. The Kier molecular flexibility index (Phi) is 7.68. The molecule has 0 aromatic heterocycles. The number of ether oxygens (including phenoxy) is 1. The second-order valence-corrected chi connectivity index (χ2v) is 7.98. The molecule has 0 spiro atoms. The zero-order valence-corrected chi connectivity index (χ0v) is 17.7. The van der Waals surface area contributed by atoms with E-state index in [0.717, 1.165) is 43.0 Å². The first-order valence-electron chi connectivity index (χ1n) is 10.4. The molecule has 4 N–H and O–H groups in total. The van der Waals surface area contributed by atoms with Crippen molar-refractivity contribution < 1.29 is 24.6 Å². The Morgan fingerprint density at radius 3 is 2.47 bits per heavy atom. The van der Waals surface area contributed by atoms with Gasteiger partial charge in [0.05, 0.1) is 19.6 Å². The number of quaternary nitrogens is 1. The van der Waals surface area contributed by atoms with Crippen LogP contribution in [0.4, 0.5) is 5.69 Å². The number of carbonyl (C=O) groups is 1. The lowest BCUT2D eigenvalue weighted by molar-refractivity contribution is -0.907. The average Bonchev–Trinajstić information content (AvgIpc) is 2.72. The fraction of sp³-hybridized carbons (Fsp3) is 0.435. The highest BCUT2D eigenvalue weighted by Gasteiger charge is 2.24. The summed E-state index contributed by atoms with van der Waals surface area (Å²) in [7, 11) is 0. The summed E-state index contributed by atoms with van der Waals surface area (Å²) in [6, 6.07) is 12.7. The summed E-state index contributed by atoms with van der Waals surface area (Å²) < 4.78 is 5.51. The van der Waals surface area contributed by atoms with Crippen molar-refractivity contribution in [2.75, 3.05) is 51.2 Å². The zero-order valence-electron chi connectivity index (χ0n) is 17.7. The van der Waals surface area contributed by atoms with Gasteiger partial charge in [-0.15, -0.1) is 0 Å². The third-order valence-corrected chi connectivity index (χ3v) is 5.50. The number of carbonyl (C=O) groups excluding carboxylic acids is 1. The molecule has 2 aromatic rings. The maximum atomic E-state index is 12.5. The van der Waals surface area contributed by atoms with Gasteiger partial charge in [0.15, 0.2) is 11.5 Å². The van der Waals surface area contributed by atoms with Crippen LogP contribution in [0, 0.1) is 13.8 Å². The van der Waals surface area contributed by atoms with Crippen molar-refractivity contribution >= 4 is 11.6 Å². The summed E-state index contributed by atoms with van der Waals surface area (Å²) >= 11 is 0. The first kappa shape index (κ1) is 22.1. The summed E-state index contributed by atoms with van der Waals surface area (Å²) in [6.45, 7) is 8.44. The Labute approximate surface area is 177 Å². The molecule has 1 aliphatic rings. The quantitative estimate of drug-likeness (QED) is 0.508. The molecule has 3 rings (SSSR count). The van der Waals surface area contributed by atoms with Gasteiger partial charge in [-0.05, 0) is 37.1 Å². The van der Waals surface area contributed by atoms with E-state index < -0.39 is 6.10 Å². The fourth-order valence-electron chi connectivity index (χ4n) is 3.78. The number of hydrogen-bond donors (Lipinski definition) is 4. The van der Waals surface area contributed by atoms with Gasteiger partial charge >= 0.3 is 0 Å². The smallest absolute Gasteiger partial charge is 0.238 e. The molecule has 1 aliphatic heterocycles. The first-order valence-corrected chi connectivity index (χ1v) is 10.4. The minimum atomic E-state index is -0.613. The molecular weight excluding hydrogens is 382 g/mol. The fourth-order valence-corrected chi connectivity index (χ4v) is 3.78. The van der Waals surface area contributed by atoms with Crippen LogP contribution in [0.3, 0.4) is 0 Å². The molecule has 30 heavy (non-hydrogen) atoms. The van der Waals surface area contributed by atoms with Gasteiger partial charge in [-0.1, -0.05) is 30.3 Å². The highest BCUT2D eigenvalue weighted by molar-refractivity contribution is 5.93. The van der Waals surface area contributed by atoms with Crippen LogP contribution in [-0.4, -0.2) is 73.0 Å². The van der Waals surface area contributed by atoms with Crippen molar-refractivity contribution in [1.82, 2.24) is 4.90 Å². The largest absolute Gasteiger partial charge is 0.504 e. The normalized spacial score (nSPS) is 16.2. The van der Waals surface area contributed by atoms with Gasteiger partial charge in [-0.25, -0.2) is 0 Å². The molecule has 162 valence electrons. The van der Waals surface area contributed by atoms with Crippen LogP contribution in [0.1, 0.15) is 11.1 Å². The number of anilines is 1. The molecule has 1 atom stereocenters. The SMILES string of the molecule is Cc1cccc(C)c1NC(=O)CN1CC[NH+](CC(O)COc2ccccc2O)CC1. The summed E-state index contributed by atoms with van der Waals surface area (Å²) in [6.07, 6.45) is -0.613. The lowest BCUT2D eigenvalue weighted by atomic mass is 10.1. The molecule has 0 radical (unpaired) electrons. The first-order chi connectivity index (χ1) is 14.4. The van der Waals surface area contributed by atoms with E-state index >= 15 is 0 Å². The minimum Gasteiger partial charge on any atom is -0.504 e.